The number of amides is 2. The SMILES string of the molecule is CCNC(=O)N(C)c1ccc(C(O)(C(F)(F)F)C(F)(F)F)cc1C(=O)OC(C)C. The van der Waals surface area contributed by atoms with Crippen molar-refractivity contribution in [2.24, 2.45) is 0 Å². The number of hydrogen-bond donors (Lipinski definition) is 2. The second kappa shape index (κ2) is 8.47. The van der Waals surface area contributed by atoms with Gasteiger partial charge in [-0.2, -0.15) is 26.3 Å². The largest absolute Gasteiger partial charge is 0.459 e. The number of carbonyl (C=O) groups is 2. The zero-order valence-corrected chi connectivity index (χ0v) is 15.9. The standard InChI is InChI=1S/C17H20F6N2O4/c1-5-24-14(27)25(4)12-7-6-10(8-11(12)13(26)29-9(2)3)15(28,16(18,19)20)17(21,22)23/h6-9,28H,5H2,1-4H3,(H,24,27). The summed E-state index contributed by atoms with van der Waals surface area (Å²) in [6, 6.07) is 0.500. The van der Waals surface area contributed by atoms with Crippen LogP contribution in [-0.4, -0.2) is 49.2 Å². The van der Waals surface area contributed by atoms with E-state index in [1.54, 1.807) is 6.92 Å². The number of esters is 1. The Kier molecular flexibility index (Phi) is 7.17. The normalized spacial score (nSPS) is 12.7. The summed E-state index contributed by atoms with van der Waals surface area (Å²) >= 11 is 0. The fourth-order valence-corrected chi connectivity index (χ4v) is 2.36. The predicted molar refractivity (Wildman–Crippen MR) is 90.5 cm³/mol. The zero-order valence-electron chi connectivity index (χ0n) is 15.9. The summed E-state index contributed by atoms with van der Waals surface area (Å²) in [5.74, 6) is -1.26. The molecule has 1 aromatic rings. The second-order valence-electron chi connectivity index (χ2n) is 6.29. The van der Waals surface area contributed by atoms with Gasteiger partial charge < -0.3 is 15.2 Å². The van der Waals surface area contributed by atoms with Gasteiger partial charge in [-0.15, -0.1) is 0 Å². The van der Waals surface area contributed by atoms with Crippen LogP contribution in [0.25, 0.3) is 0 Å². The lowest BCUT2D eigenvalue weighted by molar-refractivity contribution is -0.376. The number of nitrogens with one attached hydrogen (secondary N) is 1. The third-order valence-corrected chi connectivity index (χ3v) is 3.79. The lowest BCUT2D eigenvalue weighted by atomic mass is 9.90. The third-order valence-electron chi connectivity index (χ3n) is 3.79. The Hall–Kier alpha value is -2.50. The smallest absolute Gasteiger partial charge is 0.430 e. The highest BCUT2D eigenvalue weighted by atomic mass is 19.4. The molecule has 0 unspecified atom stereocenters. The van der Waals surface area contributed by atoms with Crippen molar-refractivity contribution in [1.82, 2.24) is 5.32 Å². The Balaban J connectivity index is 3.71. The van der Waals surface area contributed by atoms with E-state index in [1.165, 1.54) is 13.8 Å². The molecule has 0 atom stereocenters. The summed E-state index contributed by atoms with van der Waals surface area (Å²) in [4.78, 5) is 25.1. The van der Waals surface area contributed by atoms with Crippen LogP contribution >= 0.6 is 0 Å². The average Bonchev–Trinajstić information content (AvgIpc) is 2.57. The fraction of sp³-hybridized carbons (Fsp3) is 0.529. The zero-order chi connectivity index (χ0) is 22.8. The highest BCUT2D eigenvalue weighted by molar-refractivity contribution is 6.02. The van der Waals surface area contributed by atoms with Crippen LogP contribution in [0, 0.1) is 0 Å². The number of carbonyl (C=O) groups excluding carboxylic acids is 2. The van der Waals surface area contributed by atoms with Crippen LogP contribution in [-0.2, 0) is 10.3 Å². The highest BCUT2D eigenvalue weighted by Gasteiger charge is 2.71. The van der Waals surface area contributed by atoms with E-state index >= 15 is 0 Å². The summed E-state index contributed by atoms with van der Waals surface area (Å²) in [5.41, 5.74) is -7.93. The Morgan fingerprint density at radius 3 is 2.07 bits per heavy atom. The van der Waals surface area contributed by atoms with Crippen LogP contribution in [0.5, 0.6) is 0 Å². The molecule has 0 saturated heterocycles. The van der Waals surface area contributed by atoms with Gasteiger partial charge in [0, 0.05) is 19.2 Å². The molecule has 0 saturated carbocycles. The molecule has 12 heteroatoms. The molecule has 2 N–H and O–H groups in total. The number of benzene rings is 1. The van der Waals surface area contributed by atoms with E-state index in [-0.39, 0.29) is 18.3 Å². The van der Waals surface area contributed by atoms with Gasteiger partial charge in [0.05, 0.1) is 17.4 Å². The monoisotopic (exact) mass is 430 g/mol. The minimum atomic E-state index is -6.13. The van der Waals surface area contributed by atoms with Gasteiger partial charge in [-0.05, 0) is 32.9 Å². The van der Waals surface area contributed by atoms with Crippen molar-refractivity contribution >= 4 is 17.7 Å². The molecule has 0 aliphatic carbocycles. The molecule has 0 fully saturated rings. The maximum Gasteiger partial charge on any atom is 0.430 e. The quantitative estimate of drug-likeness (QED) is 0.551. The topological polar surface area (TPSA) is 78.9 Å². The average molecular weight is 430 g/mol. The van der Waals surface area contributed by atoms with Gasteiger partial charge in [0.2, 0.25) is 0 Å². The van der Waals surface area contributed by atoms with Gasteiger partial charge in [-0.3, -0.25) is 4.90 Å². The number of nitrogens with zero attached hydrogens (tertiary/aromatic N) is 1. The molecule has 6 nitrogen and oxygen atoms in total. The maximum atomic E-state index is 13.2. The van der Waals surface area contributed by atoms with Crippen molar-refractivity contribution in [1.29, 1.82) is 0 Å². The van der Waals surface area contributed by atoms with Crippen LogP contribution in [0.1, 0.15) is 36.7 Å². The van der Waals surface area contributed by atoms with Crippen molar-refractivity contribution in [2.75, 3.05) is 18.5 Å². The number of rotatable bonds is 5. The summed E-state index contributed by atoms with van der Waals surface area (Å²) in [6.45, 7) is 4.58. The molecule has 0 spiro atoms. The van der Waals surface area contributed by atoms with Crippen molar-refractivity contribution in [3.05, 3.63) is 29.3 Å². The lowest BCUT2D eigenvalue weighted by Crippen LogP contribution is -2.54. The van der Waals surface area contributed by atoms with Gasteiger partial charge in [-0.1, -0.05) is 6.07 Å². The Morgan fingerprint density at radius 2 is 1.66 bits per heavy atom. The molecule has 29 heavy (non-hydrogen) atoms. The number of aliphatic hydroxyl groups is 1. The van der Waals surface area contributed by atoms with Crippen LogP contribution in [0.2, 0.25) is 0 Å². The lowest BCUT2D eigenvalue weighted by Gasteiger charge is -2.33. The molecule has 0 aliphatic rings. The minimum absolute atomic E-state index is 0.176. The molecule has 164 valence electrons. The van der Waals surface area contributed by atoms with Gasteiger partial charge in [-0.25, -0.2) is 9.59 Å². The molecule has 1 rings (SSSR count). The van der Waals surface area contributed by atoms with Gasteiger partial charge in [0.1, 0.15) is 0 Å². The first kappa shape index (κ1) is 24.5. The van der Waals surface area contributed by atoms with Gasteiger partial charge in [0.25, 0.3) is 5.60 Å². The number of halogens is 6. The predicted octanol–water partition coefficient (Wildman–Crippen LogP) is 3.73. The minimum Gasteiger partial charge on any atom is -0.459 e. The first-order valence-corrected chi connectivity index (χ1v) is 8.30. The fourth-order valence-electron chi connectivity index (χ4n) is 2.36. The summed E-state index contributed by atoms with van der Waals surface area (Å²) in [5, 5.41) is 11.9. The van der Waals surface area contributed by atoms with Gasteiger partial charge in [0.15, 0.2) is 0 Å². The van der Waals surface area contributed by atoms with E-state index in [0.717, 1.165) is 11.9 Å². The highest BCUT2D eigenvalue weighted by Crippen LogP contribution is 2.50. The molecule has 0 bridgehead atoms. The molecular formula is C17H20F6N2O4. The first-order valence-electron chi connectivity index (χ1n) is 8.30. The van der Waals surface area contributed by atoms with Gasteiger partial charge >= 0.3 is 24.4 Å². The van der Waals surface area contributed by atoms with E-state index in [1.807, 2.05) is 0 Å². The van der Waals surface area contributed by atoms with E-state index in [4.69, 9.17) is 4.74 Å². The molecule has 0 radical (unpaired) electrons. The molecule has 2 amide bonds. The summed E-state index contributed by atoms with van der Waals surface area (Å²) in [6.07, 6.45) is -13.0. The van der Waals surface area contributed by atoms with E-state index in [0.29, 0.717) is 12.1 Å². The van der Waals surface area contributed by atoms with E-state index < -0.39 is 47.2 Å². The van der Waals surface area contributed by atoms with E-state index in [9.17, 15) is 41.0 Å². The van der Waals surface area contributed by atoms with Crippen molar-refractivity contribution < 1.29 is 45.8 Å². The van der Waals surface area contributed by atoms with Crippen molar-refractivity contribution in [3.63, 3.8) is 0 Å². The summed E-state index contributed by atoms with van der Waals surface area (Å²) in [7, 11) is 1.16. The Labute approximate surface area is 162 Å². The third kappa shape index (κ3) is 4.92. The number of anilines is 1. The number of hydrogen-bond acceptors (Lipinski definition) is 4. The first-order chi connectivity index (χ1) is 13.1. The Morgan fingerprint density at radius 1 is 1.14 bits per heavy atom. The van der Waals surface area contributed by atoms with Crippen LogP contribution in [0.3, 0.4) is 0 Å². The van der Waals surface area contributed by atoms with Crippen molar-refractivity contribution in [3.8, 4) is 0 Å². The number of ether oxygens (including phenoxy) is 1. The summed E-state index contributed by atoms with van der Waals surface area (Å²) < 4.78 is 83.8. The molecule has 0 heterocycles. The Bertz CT molecular complexity index is 747. The molecule has 0 aliphatic heterocycles. The number of alkyl halides is 6. The molecular weight excluding hydrogens is 410 g/mol. The molecule has 1 aromatic carbocycles. The second-order valence-corrected chi connectivity index (χ2v) is 6.29. The maximum absolute atomic E-state index is 13.2. The van der Waals surface area contributed by atoms with Crippen molar-refractivity contribution in [2.45, 2.75) is 44.8 Å². The van der Waals surface area contributed by atoms with E-state index in [2.05, 4.69) is 5.32 Å². The number of urea groups is 1. The molecule has 0 aromatic heterocycles. The van der Waals surface area contributed by atoms with Crippen LogP contribution in [0.4, 0.5) is 36.8 Å². The van der Waals surface area contributed by atoms with Crippen LogP contribution < -0.4 is 10.2 Å². The van der Waals surface area contributed by atoms with Crippen LogP contribution in [0.15, 0.2) is 18.2 Å².